The van der Waals surface area contributed by atoms with Gasteiger partial charge in [-0.05, 0) is 48.5 Å². The molecule has 5 atom stereocenters. The molecular weight excluding hydrogens is 632 g/mol. The van der Waals surface area contributed by atoms with Crippen molar-refractivity contribution in [1.29, 1.82) is 0 Å². The van der Waals surface area contributed by atoms with Crippen molar-refractivity contribution in [2.75, 3.05) is 6.61 Å². The maximum Gasteiger partial charge on any atom is 0.338 e. The number of hydrogen-bond acceptors (Lipinski definition) is 11. The first-order valence-electron chi connectivity index (χ1n) is 15.3. The van der Waals surface area contributed by atoms with E-state index in [9.17, 15) is 19.2 Å². The predicted octanol–water partition coefficient (Wildman–Crippen LogP) is 5.05. The molecule has 0 spiro atoms. The van der Waals surface area contributed by atoms with Crippen LogP contribution in [0.15, 0.2) is 134 Å². The van der Waals surface area contributed by atoms with Gasteiger partial charge in [0.05, 0.1) is 28.5 Å². The molecular formula is C37H30N2O10. The van der Waals surface area contributed by atoms with Crippen molar-refractivity contribution in [3.05, 3.63) is 156 Å². The summed E-state index contributed by atoms with van der Waals surface area (Å²) >= 11 is 0. The number of rotatable bonds is 11. The van der Waals surface area contributed by atoms with E-state index in [0.29, 0.717) is 0 Å². The van der Waals surface area contributed by atoms with Gasteiger partial charge >= 0.3 is 23.9 Å². The first-order chi connectivity index (χ1) is 24.0. The molecule has 0 bridgehead atoms. The van der Waals surface area contributed by atoms with Crippen molar-refractivity contribution in [1.82, 2.24) is 10.2 Å². The first-order valence-corrected chi connectivity index (χ1v) is 15.3. The quantitative estimate of drug-likeness (QED) is 0.149. The molecule has 0 aliphatic carbocycles. The minimum Gasteiger partial charge on any atom is -0.459 e. The Balaban J connectivity index is 1.40. The zero-order valence-electron chi connectivity index (χ0n) is 25.8. The van der Waals surface area contributed by atoms with E-state index in [1.54, 1.807) is 109 Å². The Kier molecular flexibility index (Phi) is 10.4. The smallest absolute Gasteiger partial charge is 0.338 e. The topological polar surface area (TPSA) is 152 Å². The van der Waals surface area contributed by atoms with Crippen molar-refractivity contribution >= 4 is 23.9 Å². The second-order valence-electron chi connectivity index (χ2n) is 10.8. The zero-order chi connectivity index (χ0) is 34.0. The SMILES string of the molecule is O=C(OC[C@H]1O[C@@H](Oc2ccn[nH]2)[C@H](OC(=O)c2ccccc2)[C@@H](OC(=O)c2ccccc2)[C@@H]1OC(=O)c1ccccc1)c1ccccc1. The van der Waals surface area contributed by atoms with E-state index in [2.05, 4.69) is 10.2 Å². The fourth-order valence-electron chi connectivity index (χ4n) is 5.06. The highest BCUT2D eigenvalue weighted by atomic mass is 16.7. The van der Waals surface area contributed by atoms with Gasteiger partial charge in [0.25, 0.3) is 0 Å². The molecule has 2 heterocycles. The zero-order valence-corrected chi connectivity index (χ0v) is 25.8. The number of benzene rings is 4. The van der Waals surface area contributed by atoms with Gasteiger partial charge in [-0.25, -0.2) is 24.3 Å². The van der Waals surface area contributed by atoms with E-state index in [1.165, 1.54) is 24.4 Å². The fraction of sp³-hybridized carbons (Fsp3) is 0.162. The molecule has 6 rings (SSSR count). The molecule has 49 heavy (non-hydrogen) atoms. The molecule has 1 N–H and O–H groups in total. The largest absolute Gasteiger partial charge is 0.459 e. The molecule has 12 nitrogen and oxygen atoms in total. The Morgan fingerprint density at radius 2 is 0.980 bits per heavy atom. The highest BCUT2D eigenvalue weighted by Crippen LogP contribution is 2.32. The third-order valence-electron chi connectivity index (χ3n) is 7.46. The van der Waals surface area contributed by atoms with Crippen LogP contribution in [0.4, 0.5) is 0 Å². The van der Waals surface area contributed by atoms with Crippen LogP contribution in [0.25, 0.3) is 0 Å². The summed E-state index contributed by atoms with van der Waals surface area (Å²) in [5.41, 5.74) is 0.813. The molecule has 1 aliphatic rings. The molecule has 1 saturated heterocycles. The Bertz CT molecular complexity index is 1840. The third kappa shape index (κ3) is 8.18. The summed E-state index contributed by atoms with van der Waals surface area (Å²) in [5.74, 6) is -2.96. The van der Waals surface area contributed by atoms with Crippen LogP contribution < -0.4 is 4.74 Å². The Hall–Kier alpha value is -6.27. The van der Waals surface area contributed by atoms with Gasteiger partial charge in [0, 0.05) is 6.07 Å². The lowest BCUT2D eigenvalue weighted by molar-refractivity contribution is -0.276. The second-order valence-corrected chi connectivity index (χ2v) is 10.8. The highest BCUT2D eigenvalue weighted by Gasteiger charge is 2.54. The van der Waals surface area contributed by atoms with Crippen molar-refractivity contribution in [2.24, 2.45) is 0 Å². The Labute approximate surface area is 280 Å². The lowest BCUT2D eigenvalue weighted by Gasteiger charge is -2.44. The second kappa shape index (κ2) is 15.5. The summed E-state index contributed by atoms with van der Waals surface area (Å²) in [6.07, 6.45) is -5.85. The number of carbonyl (C=O) groups excluding carboxylic acids is 4. The number of aromatic nitrogens is 2. The van der Waals surface area contributed by atoms with Crippen LogP contribution in [0.3, 0.4) is 0 Å². The van der Waals surface area contributed by atoms with Gasteiger partial charge in [0.2, 0.25) is 18.3 Å². The van der Waals surface area contributed by atoms with Crippen molar-refractivity contribution in [2.45, 2.75) is 30.7 Å². The number of aromatic amines is 1. The molecule has 1 aromatic heterocycles. The van der Waals surface area contributed by atoms with Crippen LogP contribution in [-0.4, -0.2) is 71.4 Å². The number of hydrogen-bond donors (Lipinski definition) is 1. The molecule has 0 unspecified atom stereocenters. The molecule has 0 saturated carbocycles. The molecule has 248 valence electrons. The Morgan fingerprint density at radius 3 is 1.43 bits per heavy atom. The summed E-state index contributed by atoms with van der Waals surface area (Å²) in [6.45, 7) is -0.470. The maximum absolute atomic E-state index is 13.6. The molecule has 12 heteroatoms. The van der Waals surface area contributed by atoms with E-state index in [0.717, 1.165) is 0 Å². The molecule has 0 radical (unpaired) electrons. The summed E-state index contributed by atoms with van der Waals surface area (Å²) in [7, 11) is 0. The predicted molar refractivity (Wildman–Crippen MR) is 172 cm³/mol. The van der Waals surface area contributed by atoms with Gasteiger partial charge in [0.1, 0.15) is 12.7 Å². The molecule has 4 aromatic carbocycles. The van der Waals surface area contributed by atoms with E-state index in [1.807, 2.05) is 0 Å². The van der Waals surface area contributed by atoms with Crippen molar-refractivity contribution < 1.29 is 47.6 Å². The van der Waals surface area contributed by atoms with Gasteiger partial charge in [-0.2, -0.15) is 5.10 Å². The van der Waals surface area contributed by atoms with Crippen LogP contribution >= 0.6 is 0 Å². The number of ether oxygens (including phenoxy) is 6. The van der Waals surface area contributed by atoms with Gasteiger partial charge < -0.3 is 28.4 Å². The summed E-state index contributed by atoms with van der Waals surface area (Å²) < 4.78 is 35.9. The average molecular weight is 663 g/mol. The van der Waals surface area contributed by atoms with Crippen molar-refractivity contribution in [3.8, 4) is 5.88 Å². The number of esters is 4. The summed E-state index contributed by atoms with van der Waals surface area (Å²) in [5, 5.41) is 6.54. The molecule has 1 aliphatic heterocycles. The Morgan fingerprint density at radius 1 is 0.551 bits per heavy atom. The number of nitrogens with zero attached hydrogens (tertiary/aromatic N) is 1. The van der Waals surface area contributed by atoms with Crippen LogP contribution in [0, 0.1) is 0 Å². The lowest BCUT2D eigenvalue weighted by Crippen LogP contribution is -2.64. The minimum absolute atomic E-state index is 0.124. The van der Waals surface area contributed by atoms with E-state index < -0.39 is 61.2 Å². The molecule has 5 aromatic rings. The first kappa shape index (κ1) is 32.7. The van der Waals surface area contributed by atoms with Gasteiger partial charge in [-0.3, -0.25) is 0 Å². The fourth-order valence-corrected chi connectivity index (χ4v) is 5.06. The van der Waals surface area contributed by atoms with E-state index >= 15 is 0 Å². The monoisotopic (exact) mass is 662 g/mol. The van der Waals surface area contributed by atoms with E-state index in [-0.39, 0.29) is 28.1 Å². The number of nitrogens with one attached hydrogen (secondary N) is 1. The number of carbonyl (C=O) groups is 4. The molecule has 1 fully saturated rings. The standard InChI is InChI=1S/C37H30N2O10/c40-33(24-13-5-1-6-14-24)44-23-28-30(47-34(41)25-15-7-2-8-16-25)31(48-35(42)26-17-9-3-10-18-26)32(37(45-28)46-29-21-22-38-39-29)49-36(43)27-19-11-4-12-20-27/h1-22,28,30-32,37H,23H2,(H,38,39)/t28-,30-,31+,32-,37+/m1/s1. The third-order valence-corrected chi connectivity index (χ3v) is 7.46. The molecule has 0 amide bonds. The van der Waals surface area contributed by atoms with Crippen LogP contribution in [0.1, 0.15) is 41.4 Å². The van der Waals surface area contributed by atoms with Gasteiger partial charge in [0.15, 0.2) is 12.2 Å². The normalized spacial score (nSPS) is 20.0. The van der Waals surface area contributed by atoms with Crippen molar-refractivity contribution in [3.63, 3.8) is 0 Å². The maximum atomic E-state index is 13.6. The summed E-state index contributed by atoms with van der Waals surface area (Å²) in [6, 6.07) is 34.1. The summed E-state index contributed by atoms with van der Waals surface area (Å²) in [4.78, 5) is 53.6. The highest BCUT2D eigenvalue weighted by molar-refractivity contribution is 5.91. The number of H-pyrrole nitrogens is 1. The van der Waals surface area contributed by atoms with Gasteiger partial charge in [-0.15, -0.1) is 0 Å². The average Bonchev–Trinajstić information content (AvgIpc) is 3.67. The lowest BCUT2D eigenvalue weighted by atomic mass is 9.97. The van der Waals surface area contributed by atoms with Gasteiger partial charge in [-0.1, -0.05) is 72.8 Å². The van der Waals surface area contributed by atoms with Crippen LogP contribution in [0.5, 0.6) is 5.88 Å². The van der Waals surface area contributed by atoms with Crippen LogP contribution in [-0.2, 0) is 23.7 Å². The van der Waals surface area contributed by atoms with Crippen LogP contribution in [0.2, 0.25) is 0 Å². The minimum atomic E-state index is -1.53. The van der Waals surface area contributed by atoms with E-state index in [4.69, 9.17) is 28.4 Å².